The zero-order valence-corrected chi connectivity index (χ0v) is 9.28. The molecule has 0 rings (SSSR count). The lowest BCUT2D eigenvalue weighted by Crippen LogP contribution is -2.05. The first kappa shape index (κ1) is 10.0. The highest BCUT2D eigenvalue weighted by Crippen LogP contribution is 2.05. The molecule has 10 heavy (non-hydrogen) atoms. The highest BCUT2D eigenvalue weighted by atomic mass is 32.2. The SMILES string of the molecule is CC(CCCSC#N)O[SiH3]. The van der Waals surface area contributed by atoms with Gasteiger partial charge in [0.25, 0.3) is 0 Å². The summed E-state index contributed by atoms with van der Waals surface area (Å²) in [6.07, 6.45) is 2.56. The average Bonchev–Trinajstić information content (AvgIpc) is 1.98. The quantitative estimate of drug-likeness (QED) is 0.350. The lowest BCUT2D eigenvalue weighted by atomic mass is 10.2. The zero-order valence-electron chi connectivity index (χ0n) is 6.46. The van der Waals surface area contributed by atoms with Gasteiger partial charge in [0.05, 0.1) is 0 Å². The summed E-state index contributed by atoms with van der Waals surface area (Å²) in [6, 6.07) is 0. The van der Waals surface area contributed by atoms with E-state index in [1.807, 2.05) is 5.40 Å². The molecule has 0 saturated heterocycles. The largest absolute Gasteiger partial charge is 0.425 e. The Kier molecular flexibility index (Phi) is 7.14. The fourth-order valence-electron chi connectivity index (χ4n) is 0.606. The van der Waals surface area contributed by atoms with Crippen molar-refractivity contribution in [3.8, 4) is 5.40 Å². The van der Waals surface area contributed by atoms with E-state index in [-0.39, 0.29) is 0 Å². The van der Waals surface area contributed by atoms with Crippen LogP contribution in [0.3, 0.4) is 0 Å². The van der Waals surface area contributed by atoms with Crippen molar-refractivity contribution in [2.75, 3.05) is 5.75 Å². The van der Waals surface area contributed by atoms with E-state index >= 15 is 0 Å². The number of thioether (sulfide) groups is 1. The van der Waals surface area contributed by atoms with Crippen LogP contribution in [-0.4, -0.2) is 22.3 Å². The number of hydrogen-bond donors (Lipinski definition) is 0. The highest BCUT2D eigenvalue weighted by molar-refractivity contribution is 8.03. The monoisotopic (exact) mass is 175 g/mol. The third-order valence-corrected chi connectivity index (χ3v) is 2.75. The first-order valence-corrected chi connectivity index (χ1v) is 5.15. The third kappa shape index (κ3) is 6.14. The molecular weight excluding hydrogens is 162 g/mol. The zero-order chi connectivity index (χ0) is 7.82. The minimum atomic E-state index is 0.394. The van der Waals surface area contributed by atoms with Gasteiger partial charge in [-0.05, 0) is 31.5 Å². The fraction of sp³-hybridized carbons (Fsp3) is 0.833. The number of rotatable bonds is 5. The van der Waals surface area contributed by atoms with Crippen LogP contribution in [0.5, 0.6) is 0 Å². The van der Waals surface area contributed by atoms with E-state index in [0.717, 1.165) is 29.1 Å². The molecule has 0 bridgehead atoms. The summed E-state index contributed by atoms with van der Waals surface area (Å²) in [4.78, 5) is 0. The fourth-order valence-corrected chi connectivity index (χ4v) is 1.24. The maximum Gasteiger partial charge on any atom is 0.146 e. The molecule has 0 aliphatic rings. The van der Waals surface area contributed by atoms with Crippen LogP contribution >= 0.6 is 11.8 Å². The summed E-state index contributed by atoms with van der Waals surface area (Å²) >= 11 is 1.32. The van der Waals surface area contributed by atoms with Gasteiger partial charge in [0.1, 0.15) is 15.9 Å². The van der Waals surface area contributed by atoms with Crippen molar-refractivity contribution in [1.29, 1.82) is 5.26 Å². The maximum atomic E-state index is 8.18. The van der Waals surface area contributed by atoms with Crippen molar-refractivity contribution < 1.29 is 4.43 Å². The Bertz CT molecular complexity index is 115. The van der Waals surface area contributed by atoms with Gasteiger partial charge in [0.2, 0.25) is 0 Å². The normalized spacial score (nSPS) is 12.8. The number of nitrogens with zero attached hydrogens (tertiary/aromatic N) is 1. The van der Waals surface area contributed by atoms with Crippen molar-refractivity contribution in [3.63, 3.8) is 0 Å². The van der Waals surface area contributed by atoms with Crippen molar-refractivity contribution in [1.82, 2.24) is 0 Å². The highest BCUT2D eigenvalue weighted by Gasteiger charge is 1.96. The lowest BCUT2D eigenvalue weighted by molar-refractivity contribution is 0.231. The molecule has 0 radical (unpaired) electrons. The lowest BCUT2D eigenvalue weighted by Gasteiger charge is -2.07. The van der Waals surface area contributed by atoms with E-state index in [4.69, 9.17) is 9.69 Å². The van der Waals surface area contributed by atoms with E-state index in [0.29, 0.717) is 6.10 Å². The molecule has 1 unspecified atom stereocenters. The predicted molar refractivity (Wildman–Crippen MR) is 47.8 cm³/mol. The first-order valence-electron chi connectivity index (χ1n) is 3.35. The third-order valence-electron chi connectivity index (χ3n) is 1.32. The van der Waals surface area contributed by atoms with E-state index in [2.05, 4.69) is 6.92 Å². The molecule has 0 fully saturated rings. The average molecular weight is 175 g/mol. The van der Waals surface area contributed by atoms with Crippen molar-refractivity contribution >= 4 is 22.2 Å². The molecular formula is C6H13NOSSi. The molecule has 0 aliphatic heterocycles. The Morgan fingerprint density at radius 1 is 1.80 bits per heavy atom. The second kappa shape index (κ2) is 7.13. The minimum Gasteiger partial charge on any atom is -0.425 e. The van der Waals surface area contributed by atoms with E-state index < -0.39 is 0 Å². The Hall–Kier alpha value is 0.0169. The topological polar surface area (TPSA) is 33.0 Å². The molecule has 0 aromatic heterocycles. The predicted octanol–water partition coefficient (Wildman–Crippen LogP) is 0.666. The molecule has 4 heteroatoms. The molecule has 0 N–H and O–H groups in total. The number of thiocyanates is 1. The summed E-state index contributed by atoms with van der Waals surface area (Å²) in [6.45, 7) is 2.07. The molecule has 2 nitrogen and oxygen atoms in total. The van der Waals surface area contributed by atoms with Crippen LogP contribution < -0.4 is 0 Å². The maximum absolute atomic E-state index is 8.18. The van der Waals surface area contributed by atoms with Crippen molar-refractivity contribution in [3.05, 3.63) is 0 Å². The summed E-state index contributed by atoms with van der Waals surface area (Å²) in [5.74, 6) is 0.936. The second-order valence-electron chi connectivity index (χ2n) is 2.13. The van der Waals surface area contributed by atoms with Gasteiger partial charge in [0.15, 0.2) is 0 Å². The summed E-state index contributed by atoms with van der Waals surface area (Å²) < 4.78 is 5.18. The van der Waals surface area contributed by atoms with Gasteiger partial charge in [-0.15, -0.1) is 0 Å². The summed E-state index contributed by atoms with van der Waals surface area (Å²) in [5.41, 5.74) is 0. The Morgan fingerprint density at radius 2 is 2.50 bits per heavy atom. The van der Waals surface area contributed by atoms with Crippen LogP contribution in [-0.2, 0) is 4.43 Å². The molecule has 0 amide bonds. The molecule has 58 valence electrons. The molecule has 0 aliphatic carbocycles. The molecule has 0 spiro atoms. The van der Waals surface area contributed by atoms with Crippen LogP contribution in [0.2, 0.25) is 0 Å². The Balaban J connectivity index is 2.98. The van der Waals surface area contributed by atoms with Gasteiger partial charge in [-0.25, -0.2) is 0 Å². The van der Waals surface area contributed by atoms with Gasteiger partial charge < -0.3 is 4.43 Å². The van der Waals surface area contributed by atoms with Gasteiger partial charge in [0, 0.05) is 11.9 Å². The number of hydrogen-bond acceptors (Lipinski definition) is 3. The molecule has 0 aromatic carbocycles. The van der Waals surface area contributed by atoms with E-state index in [1.54, 1.807) is 0 Å². The molecule has 0 heterocycles. The summed E-state index contributed by atoms with van der Waals surface area (Å²) in [5, 5.41) is 10.2. The summed E-state index contributed by atoms with van der Waals surface area (Å²) in [7, 11) is 0.820. The number of nitriles is 1. The first-order chi connectivity index (χ1) is 4.81. The van der Waals surface area contributed by atoms with Crippen LogP contribution in [0.25, 0.3) is 0 Å². The van der Waals surface area contributed by atoms with Gasteiger partial charge in [-0.2, -0.15) is 5.26 Å². The van der Waals surface area contributed by atoms with Crippen LogP contribution in [0.4, 0.5) is 0 Å². The molecule has 1 atom stereocenters. The minimum absolute atomic E-state index is 0.394. The van der Waals surface area contributed by atoms with E-state index in [9.17, 15) is 0 Å². The standard InChI is InChI=1S/C6H13NOSSi/c1-6(8-10)3-2-4-9-5-7/h6H,2-4H2,1,10H3. The molecule has 0 aromatic rings. The van der Waals surface area contributed by atoms with Gasteiger partial charge >= 0.3 is 0 Å². The van der Waals surface area contributed by atoms with E-state index in [1.165, 1.54) is 11.8 Å². The smallest absolute Gasteiger partial charge is 0.146 e. The second-order valence-corrected chi connectivity index (χ2v) is 3.48. The van der Waals surface area contributed by atoms with Gasteiger partial charge in [-0.1, -0.05) is 0 Å². The van der Waals surface area contributed by atoms with Crippen LogP contribution in [0.1, 0.15) is 19.8 Å². The van der Waals surface area contributed by atoms with Gasteiger partial charge in [-0.3, -0.25) is 0 Å². The van der Waals surface area contributed by atoms with Crippen molar-refractivity contribution in [2.45, 2.75) is 25.9 Å². The van der Waals surface area contributed by atoms with Crippen LogP contribution in [0, 0.1) is 10.7 Å². The Labute approximate surface area is 69.5 Å². The molecule has 0 saturated carbocycles. The van der Waals surface area contributed by atoms with Crippen LogP contribution in [0.15, 0.2) is 0 Å². The van der Waals surface area contributed by atoms with Crippen molar-refractivity contribution in [2.24, 2.45) is 0 Å². The Morgan fingerprint density at radius 3 is 3.00 bits per heavy atom.